The molecule has 3 nitrogen and oxygen atoms in total. The van der Waals surface area contributed by atoms with Gasteiger partial charge in [0.15, 0.2) is 0 Å². The van der Waals surface area contributed by atoms with Gasteiger partial charge >= 0.3 is 0 Å². The summed E-state index contributed by atoms with van der Waals surface area (Å²) < 4.78 is 2.19. The summed E-state index contributed by atoms with van der Waals surface area (Å²) >= 11 is 0. The molecule has 0 atom stereocenters. The third-order valence-corrected chi connectivity index (χ3v) is 3.35. The molecular weight excluding hydrogens is 210 g/mol. The molecule has 0 radical (unpaired) electrons. The summed E-state index contributed by atoms with van der Waals surface area (Å²) in [5, 5.41) is 3.52. The molecule has 0 saturated heterocycles. The Morgan fingerprint density at radius 2 is 2.35 bits per heavy atom. The van der Waals surface area contributed by atoms with Crippen LogP contribution in [0.5, 0.6) is 0 Å². The highest BCUT2D eigenvalue weighted by atomic mass is 15.1. The first-order valence-corrected chi connectivity index (χ1v) is 6.28. The van der Waals surface area contributed by atoms with Crippen molar-refractivity contribution in [3.05, 3.63) is 42.0 Å². The lowest BCUT2D eigenvalue weighted by molar-refractivity contribution is 0.818. The average molecular weight is 227 g/mol. The van der Waals surface area contributed by atoms with Crippen molar-refractivity contribution < 1.29 is 0 Å². The van der Waals surface area contributed by atoms with Gasteiger partial charge < -0.3 is 9.88 Å². The molecule has 1 aliphatic heterocycles. The van der Waals surface area contributed by atoms with Gasteiger partial charge in [-0.05, 0) is 24.5 Å². The van der Waals surface area contributed by atoms with E-state index in [0.29, 0.717) is 0 Å². The van der Waals surface area contributed by atoms with Crippen molar-refractivity contribution in [1.82, 2.24) is 9.55 Å². The summed E-state index contributed by atoms with van der Waals surface area (Å²) in [4.78, 5) is 4.40. The lowest BCUT2D eigenvalue weighted by Gasteiger charge is -2.22. The topological polar surface area (TPSA) is 29.9 Å². The highest BCUT2D eigenvalue weighted by molar-refractivity contribution is 5.67. The SMILES string of the molecule is CCc1nccn1-c1cccc2c1NCCC2. The van der Waals surface area contributed by atoms with E-state index in [4.69, 9.17) is 0 Å². The Labute approximate surface area is 101 Å². The molecule has 3 rings (SSSR count). The van der Waals surface area contributed by atoms with Crippen LogP contribution in [-0.4, -0.2) is 16.1 Å². The predicted molar refractivity (Wildman–Crippen MR) is 69.8 cm³/mol. The van der Waals surface area contributed by atoms with Crippen LogP contribution >= 0.6 is 0 Å². The minimum absolute atomic E-state index is 0.955. The fourth-order valence-electron chi connectivity index (χ4n) is 2.51. The number of fused-ring (bicyclic) bond motifs is 1. The van der Waals surface area contributed by atoms with Gasteiger partial charge in [0.25, 0.3) is 0 Å². The van der Waals surface area contributed by atoms with Crippen molar-refractivity contribution in [3.63, 3.8) is 0 Å². The van der Waals surface area contributed by atoms with E-state index in [1.165, 1.54) is 29.8 Å². The zero-order valence-corrected chi connectivity index (χ0v) is 10.1. The second kappa shape index (κ2) is 4.24. The number of hydrogen-bond acceptors (Lipinski definition) is 2. The van der Waals surface area contributed by atoms with E-state index in [9.17, 15) is 0 Å². The van der Waals surface area contributed by atoms with E-state index in [0.717, 1.165) is 18.8 Å². The van der Waals surface area contributed by atoms with Crippen LogP contribution in [0.2, 0.25) is 0 Å². The number of hydrogen-bond donors (Lipinski definition) is 1. The molecule has 2 heterocycles. The molecule has 88 valence electrons. The average Bonchev–Trinajstić information content (AvgIpc) is 2.86. The molecule has 0 saturated carbocycles. The molecular formula is C14H17N3. The van der Waals surface area contributed by atoms with Gasteiger partial charge in [0, 0.05) is 25.4 Å². The van der Waals surface area contributed by atoms with Crippen LogP contribution < -0.4 is 5.32 Å². The van der Waals surface area contributed by atoms with Crippen LogP contribution in [0.3, 0.4) is 0 Å². The Morgan fingerprint density at radius 3 is 3.24 bits per heavy atom. The van der Waals surface area contributed by atoms with Crippen LogP contribution in [-0.2, 0) is 12.8 Å². The van der Waals surface area contributed by atoms with Crippen molar-refractivity contribution in [2.45, 2.75) is 26.2 Å². The fraction of sp³-hybridized carbons (Fsp3) is 0.357. The first-order valence-electron chi connectivity index (χ1n) is 6.28. The predicted octanol–water partition coefficient (Wildman–Crippen LogP) is 2.79. The zero-order valence-electron chi connectivity index (χ0n) is 10.1. The van der Waals surface area contributed by atoms with Gasteiger partial charge in [-0.25, -0.2) is 4.98 Å². The Hall–Kier alpha value is -1.77. The smallest absolute Gasteiger partial charge is 0.112 e. The first-order chi connectivity index (χ1) is 8.40. The third kappa shape index (κ3) is 1.71. The molecule has 0 unspecified atom stereocenters. The van der Waals surface area contributed by atoms with Crippen LogP contribution in [0.4, 0.5) is 5.69 Å². The summed E-state index contributed by atoms with van der Waals surface area (Å²) in [6.45, 7) is 3.21. The molecule has 0 bridgehead atoms. The number of benzene rings is 1. The molecule has 1 aliphatic rings. The molecule has 2 aromatic rings. The van der Waals surface area contributed by atoms with Crippen LogP contribution in [0.15, 0.2) is 30.6 Å². The standard InChI is InChI=1S/C14H17N3/c1-2-13-15-9-10-17(13)12-7-3-5-11-6-4-8-16-14(11)12/h3,5,7,9-10,16H,2,4,6,8H2,1H3. The molecule has 0 aliphatic carbocycles. The van der Waals surface area contributed by atoms with E-state index >= 15 is 0 Å². The summed E-state index contributed by atoms with van der Waals surface area (Å²) in [7, 11) is 0. The van der Waals surface area contributed by atoms with E-state index in [1.807, 2.05) is 12.4 Å². The Kier molecular flexibility index (Phi) is 2.59. The highest BCUT2D eigenvalue weighted by Gasteiger charge is 2.14. The quantitative estimate of drug-likeness (QED) is 0.855. The van der Waals surface area contributed by atoms with E-state index < -0.39 is 0 Å². The summed E-state index contributed by atoms with van der Waals surface area (Å²) in [6, 6.07) is 6.52. The number of nitrogens with zero attached hydrogens (tertiary/aromatic N) is 2. The minimum Gasteiger partial charge on any atom is -0.383 e. The van der Waals surface area contributed by atoms with Crippen LogP contribution in [0, 0.1) is 0 Å². The number of aryl methyl sites for hydroxylation is 2. The number of para-hydroxylation sites is 1. The summed E-state index contributed by atoms with van der Waals surface area (Å²) in [5.41, 5.74) is 3.94. The van der Waals surface area contributed by atoms with Crippen molar-refractivity contribution in [3.8, 4) is 5.69 Å². The highest BCUT2D eigenvalue weighted by Crippen LogP contribution is 2.29. The first kappa shape index (κ1) is 10.4. The number of imidazole rings is 1. The molecule has 0 spiro atoms. The van der Waals surface area contributed by atoms with Gasteiger partial charge in [-0.1, -0.05) is 19.1 Å². The van der Waals surface area contributed by atoms with E-state index in [2.05, 4.69) is 40.0 Å². The van der Waals surface area contributed by atoms with Gasteiger partial charge in [-0.15, -0.1) is 0 Å². The third-order valence-electron chi connectivity index (χ3n) is 3.35. The normalized spacial score (nSPS) is 14.2. The Balaban J connectivity index is 2.14. The van der Waals surface area contributed by atoms with Crippen molar-refractivity contribution in [1.29, 1.82) is 0 Å². The molecule has 0 fully saturated rings. The summed E-state index contributed by atoms with van der Waals surface area (Å²) in [5.74, 6) is 1.12. The molecule has 1 aromatic carbocycles. The Morgan fingerprint density at radius 1 is 1.41 bits per heavy atom. The Bertz CT molecular complexity index is 528. The van der Waals surface area contributed by atoms with Crippen LogP contribution in [0.25, 0.3) is 5.69 Å². The minimum atomic E-state index is 0.955. The van der Waals surface area contributed by atoms with Gasteiger partial charge in [0.2, 0.25) is 0 Å². The molecule has 17 heavy (non-hydrogen) atoms. The number of nitrogens with one attached hydrogen (secondary N) is 1. The lowest BCUT2D eigenvalue weighted by atomic mass is 10.0. The monoisotopic (exact) mass is 227 g/mol. The van der Waals surface area contributed by atoms with E-state index in [1.54, 1.807) is 0 Å². The number of anilines is 1. The molecule has 3 heteroatoms. The number of aromatic nitrogens is 2. The van der Waals surface area contributed by atoms with Gasteiger partial charge in [-0.3, -0.25) is 0 Å². The molecule has 1 aromatic heterocycles. The van der Waals surface area contributed by atoms with Gasteiger partial charge in [0.1, 0.15) is 5.82 Å². The maximum atomic E-state index is 4.40. The molecule has 1 N–H and O–H groups in total. The van der Waals surface area contributed by atoms with Crippen LogP contribution in [0.1, 0.15) is 24.7 Å². The second-order valence-corrected chi connectivity index (χ2v) is 4.41. The van der Waals surface area contributed by atoms with E-state index in [-0.39, 0.29) is 0 Å². The van der Waals surface area contributed by atoms with Gasteiger partial charge in [-0.2, -0.15) is 0 Å². The van der Waals surface area contributed by atoms with Crippen molar-refractivity contribution in [2.75, 3.05) is 11.9 Å². The fourth-order valence-corrected chi connectivity index (χ4v) is 2.51. The maximum Gasteiger partial charge on any atom is 0.112 e. The maximum absolute atomic E-state index is 4.40. The summed E-state index contributed by atoms with van der Waals surface area (Å²) in [6.07, 6.45) is 7.27. The lowest BCUT2D eigenvalue weighted by Crippen LogP contribution is -2.14. The second-order valence-electron chi connectivity index (χ2n) is 4.41. The zero-order chi connectivity index (χ0) is 11.7. The van der Waals surface area contributed by atoms with Gasteiger partial charge in [0.05, 0.1) is 11.4 Å². The van der Waals surface area contributed by atoms with Crippen molar-refractivity contribution in [2.24, 2.45) is 0 Å². The number of rotatable bonds is 2. The molecule has 0 amide bonds. The largest absolute Gasteiger partial charge is 0.383 e. The van der Waals surface area contributed by atoms with Crippen molar-refractivity contribution >= 4 is 5.69 Å².